The Hall–Kier alpha value is -0.0400. The fourth-order valence-corrected chi connectivity index (χ4v) is 3.10. The van der Waals surface area contributed by atoms with E-state index in [-0.39, 0.29) is 0 Å². The summed E-state index contributed by atoms with van der Waals surface area (Å²) in [5.41, 5.74) is 0.397. The van der Waals surface area contributed by atoms with E-state index in [0.29, 0.717) is 11.5 Å². The third-order valence-corrected chi connectivity index (χ3v) is 4.59. The fourth-order valence-electron chi connectivity index (χ4n) is 3.10. The molecule has 1 N–H and O–H groups in total. The van der Waals surface area contributed by atoms with Crippen LogP contribution in [0.25, 0.3) is 0 Å². The largest absolute Gasteiger partial charge is 0.314 e. The Labute approximate surface area is 135 Å². The van der Waals surface area contributed by atoms with E-state index in [4.69, 9.17) is 0 Å². The van der Waals surface area contributed by atoms with E-state index in [9.17, 15) is 0 Å². The van der Waals surface area contributed by atoms with E-state index in [1.807, 2.05) is 0 Å². The van der Waals surface area contributed by atoms with Crippen LogP contribution >= 0.6 is 0 Å². The predicted octanol–water partition coefficient (Wildman–Crippen LogP) is 6.71. The molecule has 1 atom stereocenters. The van der Waals surface area contributed by atoms with Gasteiger partial charge in [-0.15, -0.1) is 0 Å². The lowest BCUT2D eigenvalue weighted by Gasteiger charge is -2.31. The summed E-state index contributed by atoms with van der Waals surface area (Å²) in [5, 5.41) is 3.66. The zero-order valence-corrected chi connectivity index (χ0v) is 15.8. The third-order valence-electron chi connectivity index (χ3n) is 4.59. The van der Waals surface area contributed by atoms with Gasteiger partial charge in [0.2, 0.25) is 0 Å². The highest BCUT2D eigenvalue weighted by molar-refractivity contribution is 4.79. The van der Waals surface area contributed by atoms with Crippen LogP contribution in [-0.4, -0.2) is 12.6 Å². The normalized spacial score (nSPS) is 13.6. The molecule has 0 aromatic rings. The summed E-state index contributed by atoms with van der Waals surface area (Å²) in [5.74, 6) is 0. The van der Waals surface area contributed by atoms with Crippen molar-refractivity contribution in [2.45, 2.75) is 118 Å². The first-order valence-electron chi connectivity index (χ1n) is 9.75. The average Bonchev–Trinajstić information content (AvgIpc) is 2.42. The summed E-state index contributed by atoms with van der Waals surface area (Å²) in [4.78, 5) is 0. The van der Waals surface area contributed by atoms with Crippen LogP contribution in [0.3, 0.4) is 0 Å². The molecule has 0 saturated carbocycles. The van der Waals surface area contributed by atoms with Gasteiger partial charge in [-0.2, -0.15) is 0 Å². The highest BCUT2D eigenvalue weighted by Gasteiger charge is 2.22. The van der Waals surface area contributed by atoms with Gasteiger partial charge in [0.15, 0.2) is 0 Å². The number of unbranched alkanes of at least 4 members (excludes halogenated alkanes) is 10. The standard InChI is InChI=1S/C20H43N/c1-6-8-9-10-11-12-13-14-15-16-17-18-19(21-7-2)20(3,4)5/h19,21H,6-18H2,1-5H3. The van der Waals surface area contributed by atoms with E-state index in [2.05, 4.69) is 39.9 Å². The van der Waals surface area contributed by atoms with Crippen LogP contribution in [0, 0.1) is 5.41 Å². The SMILES string of the molecule is CCCCCCCCCCCCCC(NCC)C(C)(C)C. The summed E-state index contributed by atoms with van der Waals surface area (Å²) >= 11 is 0. The van der Waals surface area contributed by atoms with Crippen LogP contribution in [0.1, 0.15) is 112 Å². The molecule has 0 rings (SSSR count). The topological polar surface area (TPSA) is 12.0 Å². The minimum atomic E-state index is 0.397. The Morgan fingerprint density at radius 2 is 1.10 bits per heavy atom. The van der Waals surface area contributed by atoms with E-state index in [0.717, 1.165) is 6.54 Å². The number of rotatable bonds is 14. The van der Waals surface area contributed by atoms with Crippen molar-refractivity contribution < 1.29 is 0 Å². The summed E-state index contributed by atoms with van der Waals surface area (Å²) < 4.78 is 0. The molecule has 0 saturated heterocycles. The molecule has 1 heteroatoms. The second-order valence-corrected chi connectivity index (χ2v) is 7.80. The molecule has 0 amide bonds. The second-order valence-electron chi connectivity index (χ2n) is 7.80. The molecule has 1 nitrogen and oxygen atoms in total. The summed E-state index contributed by atoms with van der Waals surface area (Å²) in [6.07, 6.45) is 17.2. The van der Waals surface area contributed by atoms with Crippen molar-refractivity contribution in [2.24, 2.45) is 5.41 Å². The molecule has 0 aliphatic rings. The van der Waals surface area contributed by atoms with Gasteiger partial charge in [0.1, 0.15) is 0 Å². The lowest BCUT2D eigenvalue weighted by Crippen LogP contribution is -2.40. The van der Waals surface area contributed by atoms with Crippen molar-refractivity contribution in [3.8, 4) is 0 Å². The van der Waals surface area contributed by atoms with Crippen molar-refractivity contribution in [1.29, 1.82) is 0 Å². The molecule has 1 unspecified atom stereocenters. The minimum absolute atomic E-state index is 0.397. The van der Waals surface area contributed by atoms with Gasteiger partial charge in [-0.25, -0.2) is 0 Å². The van der Waals surface area contributed by atoms with Crippen LogP contribution in [0.5, 0.6) is 0 Å². The van der Waals surface area contributed by atoms with Gasteiger partial charge >= 0.3 is 0 Å². The second kappa shape index (κ2) is 13.6. The first kappa shape index (κ1) is 21.0. The fraction of sp³-hybridized carbons (Fsp3) is 1.00. The van der Waals surface area contributed by atoms with Crippen LogP contribution in [0.2, 0.25) is 0 Å². The van der Waals surface area contributed by atoms with Gasteiger partial charge in [-0.1, -0.05) is 105 Å². The molecule has 0 aliphatic heterocycles. The van der Waals surface area contributed by atoms with Gasteiger partial charge in [0, 0.05) is 6.04 Å². The van der Waals surface area contributed by atoms with Crippen molar-refractivity contribution in [3.05, 3.63) is 0 Å². The van der Waals surface area contributed by atoms with Crippen LogP contribution in [-0.2, 0) is 0 Å². The molecule has 0 heterocycles. The Morgan fingerprint density at radius 1 is 0.667 bits per heavy atom. The van der Waals surface area contributed by atoms with Gasteiger partial charge in [0.05, 0.1) is 0 Å². The maximum Gasteiger partial charge on any atom is 0.0115 e. The molecule has 0 spiro atoms. The Kier molecular flexibility index (Phi) is 13.6. The zero-order chi connectivity index (χ0) is 16.0. The maximum absolute atomic E-state index is 3.66. The van der Waals surface area contributed by atoms with Crippen molar-refractivity contribution in [3.63, 3.8) is 0 Å². The monoisotopic (exact) mass is 297 g/mol. The molecule has 0 aromatic heterocycles. The first-order valence-corrected chi connectivity index (χ1v) is 9.75. The van der Waals surface area contributed by atoms with E-state index >= 15 is 0 Å². The Morgan fingerprint density at radius 3 is 1.48 bits per heavy atom. The molecule has 0 aliphatic carbocycles. The summed E-state index contributed by atoms with van der Waals surface area (Å²) in [6, 6.07) is 0.682. The highest BCUT2D eigenvalue weighted by Crippen LogP contribution is 2.24. The predicted molar refractivity (Wildman–Crippen MR) is 98.0 cm³/mol. The van der Waals surface area contributed by atoms with Gasteiger partial charge in [-0.3, -0.25) is 0 Å². The van der Waals surface area contributed by atoms with Gasteiger partial charge in [0.25, 0.3) is 0 Å². The number of hydrogen-bond donors (Lipinski definition) is 1. The first-order chi connectivity index (χ1) is 10.0. The molecule has 0 fully saturated rings. The molecule has 0 radical (unpaired) electrons. The van der Waals surface area contributed by atoms with E-state index < -0.39 is 0 Å². The molecule has 21 heavy (non-hydrogen) atoms. The molecule has 128 valence electrons. The van der Waals surface area contributed by atoms with Crippen LogP contribution in [0.15, 0.2) is 0 Å². The third kappa shape index (κ3) is 13.4. The van der Waals surface area contributed by atoms with Crippen molar-refractivity contribution in [2.75, 3.05) is 6.54 Å². The van der Waals surface area contributed by atoms with E-state index in [1.165, 1.54) is 77.0 Å². The smallest absolute Gasteiger partial charge is 0.0115 e. The number of nitrogens with one attached hydrogen (secondary N) is 1. The maximum atomic E-state index is 3.66. The quantitative estimate of drug-likeness (QED) is 0.351. The van der Waals surface area contributed by atoms with Crippen LogP contribution < -0.4 is 5.32 Å². The highest BCUT2D eigenvalue weighted by atomic mass is 14.9. The van der Waals surface area contributed by atoms with Gasteiger partial charge in [-0.05, 0) is 18.4 Å². The number of hydrogen-bond acceptors (Lipinski definition) is 1. The summed E-state index contributed by atoms with van der Waals surface area (Å²) in [6.45, 7) is 12.7. The van der Waals surface area contributed by atoms with Crippen molar-refractivity contribution >= 4 is 0 Å². The molecular weight excluding hydrogens is 254 g/mol. The average molecular weight is 298 g/mol. The summed E-state index contributed by atoms with van der Waals surface area (Å²) in [7, 11) is 0. The van der Waals surface area contributed by atoms with E-state index in [1.54, 1.807) is 0 Å². The zero-order valence-electron chi connectivity index (χ0n) is 15.8. The lowest BCUT2D eigenvalue weighted by molar-refractivity contribution is 0.252. The van der Waals surface area contributed by atoms with Crippen molar-refractivity contribution in [1.82, 2.24) is 5.32 Å². The van der Waals surface area contributed by atoms with Gasteiger partial charge < -0.3 is 5.32 Å². The molecule has 0 bridgehead atoms. The molecular formula is C20H43N. The minimum Gasteiger partial charge on any atom is -0.314 e. The molecule has 0 aromatic carbocycles. The van der Waals surface area contributed by atoms with Crippen LogP contribution in [0.4, 0.5) is 0 Å². The Balaban J connectivity index is 3.38. The Bertz CT molecular complexity index is 204. The lowest BCUT2D eigenvalue weighted by atomic mass is 9.83.